The summed E-state index contributed by atoms with van der Waals surface area (Å²) in [5.74, 6) is 0.186. The zero-order valence-corrected chi connectivity index (χ0v) is 6.78. The number of nitrogens with two attached hydrogens (primary N) is 1. The SMILES string of the molecule is N#CC=Cc1cnc(N)c(Cl)n1. The first kappa shape index (κ1) is 8.50. The van der Waals surface area contributed by atoms with Gasteiger partial charge < -0.3 is 5.73 Å². The maximum absolute atomic E-state index is 8.21. The Bertz CT molecular complexity index is 353. The highest BCUT2D eigenvalue weighted by Gasteiger charge is 1.97. The van der Waals surface area contributed by atoms with Crippen LogP contribution in [0.25, 0.3) is 6.08 Å². The van der Waals surface area contributed by atoms with Crippen LogP contribution in [0.2, 0.25) is 5.15 Å². The van der Waals surface area contributed by atoms with Crippen molar-refractivity contribution < 1.29 is 0 Å². The highest BCUT2D eigenvalue weighted by molar-refractivity contribution is 6.31. The van der Waals surface area contributed by atoms with Crippen LogP contribution in [0.15, 0.2) is 12.3 Å². The molecule has 0 aliphatic heterocycles. The fourth-order valence-electron chi connectivity index (χ4n) is 0.591. The van der Waals surface area contributed by atoms with Crippen LogP contribution in [0.4, 0.5) is 5.82 Å². The summed E-state index contributed by atoms with van der Waals surface area (Å²) >= 11 is 5.58. The molecule has 0 bridgehead atoms. The van der Waals surface area contributed by atoms with Crippen LogP contribution >= 0.6 is 11.6 Å². The second kappa shape index (κ2) is 3.69. The Balaban J connectivity index is 2.99. The number of nitriles is 1. The molecule has 5 heteroatoms. The number of nitrogen functional groups attached to an aromatic ring is 1. The molecule has 0 unspecified atom stereocenters. The van der Waals surface area contributed by atoms with E-state index in [0.717, 1.165) is 0 Å². The van der Waals surface area contributed by atoms with Crippen molar-refractivity contribution in [1.82, 2.24) is 9.97 Å². The highest BCUT2D eigenvalue weighted by Crippen LogP contribution is 2.12. The molecule has 0 aliphatic rings. The van der Waals surface area contributed by atoms with Gasteiger partial charge in [-0.3, -0.25) is 0 Å². The first-order chi connectivity index (χ1) is 5.74. The van der Waals surface area contributed by atoms with Gasteiger partial charge in [0.1, 0.15) is 0 Å². The van der Waals surface area contributed by atoms with E-state index in [9.17, 15) is 0 Å². The van der Waals surface area contributed by atoms with Gasteiger partial charge in [0.2, 0.25) is 0 Å². The van der Waals surface area contributed by atoms with Crippen LogP contribution in [0.5, 0.6) is 0 Å². The van der Waals surface area contributed by atoms with Gasteiger partial charge in [-0.1, -0.05) is 11.6 Å². The molecule has 0 saturated heterocycles. The molecule has 0 fully saturated rings. The normalized spacial score (nSPS) is 10.0. The molecule has 12 heavy (non-hydrogen) atoms. The van der Waals surface area contributed by atoms with Crippen molar-refractivity contribution in [2.45, 2.75) is 0 Å². The number of anilines is 1. The smallest absolute Gasteiger partial charge is 0.171 e. The minimum absolute atomic E-state index is 0.148. The molecule has 1 rings (SSSR count). The minimum Gasteiger partial charge on any atom is -0.381 e. The molecule has 0 aromatic carbocycles. The Kier molecular flexibility index (Phi) is 2.62. The average Bonchev–Trinajstić information content (AvgIpc) is 2.07. The van der Waals surface area contributed by atoms with Gasteiger partial charge >= 0.3 is 0 Å². The van der Waals surface area contributed by atoms with E-state index >= 15 is 0 Å². The number of rotatable bonds is 1. The fraction of sp³-hybridized carbons (Fsp3) is 0. The monoisotopic (exact) mass is 180 g/mol. The number of hydrogen-bond acceptors (Lipinski definition) is 4. The number of allylic oxidation sites excluding steroid dienone is 1. The Hall–Kier alpha value is -1.60. The molecule has 2 N–H and O–H groups in total. The van der Waals surface area contributed by atoms with E-state index in [1.807, 2.05) is 6.07 Å². The summed E-state index contributed by atoms with van der Waals surface area (Å²) in [6.07, 6.45) is 4.23. The Morgan fingerprint density at radius 1 is 1.67 bits per heavy atom. The highest BCUT2D eigenvalue weighted by atomic mass is 35.5. The van der Waals surface area contributed by atoms with Crippen LogP contribution < -0.4 is 5.73 Å². The molecule has 60 valence electrons. The Morgan fingerprint density at radius 2 is 2.42 bits per heavy atom. The molecule has 1 aromatic rings. The molecule has 0 atom stereocenters. The summed E-state index contributed by atoms with van der Waals surface area (Å²) < 4.78 is 0. The third-order valence-corrected chi connectivity index (χ3v) is 1.38. The third-order valence-electron chi connectivity index (χ3n) is 1.10. The molecule has 0 aliphatic carbocycles. The summed E-state index contributed by atoms with van der Waals surface area (Å²) in [5.41, 5.74) is 5.83. The molecular formula is C7H5ClN4. The van der Waals surface area contributed by atoms with Gasteiger partial charge in [-0.2, -0.15) is 5.26 Å². The van der Waals surface area contributed by atoms with Crippen molar-refractivity contribution in [3.05, 3.63) is 23.1 Å². The van der Waals surface area contributed by atoms with Gasteiger partial charge in [-0.15, -0.1) is 0 Å². The summed E-state index contributed by atoms with van der Waals surface area (Å²) in [4.78, 5) is 7.60. The number of halogens is 1. The van der Waals surface area contributed by atoms with Gasteiger partial charge in [-0.25, -0.2) is 9.97 Å². The number of nitrogens with zero attached hydrogens (tertiary/aromatic N) is 3. The topological polar surface area (TPSA) is 75.6 Å². The molecule has 0 amide bonds. The Morgan fingerprint density at radius 3 is 3.00 bits per heavy atom. The van der Waals surface area contributed by atoms with Crippen LogP contribution in [0, 0.1) is 11.3 Å². The van der Waals surface area contributed by atoms with Crippen LogP contribution in [0.1, 0.15) is 5.69 Å². The summed E-state index contributed by atoms with van der Waals surface area (Å²) in [5, 5.41) is 8.36. The largest absolute Gasteiger partial charge is 0.381 e. The number of hydrogen-bond donors (Lipinski definition) is 1. The predicted octanol–water partition coefficient (Wildman–Crippen LogP) is 1.25. The van der Waals surface area contributed by atoms with Crippen molar-refractivity contribution in [3.8, 4) is 6.07 Å². The standard InChI is InChI=1S/C7H5ClN4/c8-6-7(10)11-4-5(12-6)2-1-3-9/h1-2,4H,(H2,10,11). The summed E-state index contributed by atoms with van der Waals surface area (Å²) in [6.45, 7) is 0. The van der Waals surface area contributed by atoms with Gasteiger partial charge in [0.15, 0.2) is 11.0 Å². The van der Waals surface area contributed by atoms with E-state index in [0.29, 0.717) is 5.69 Å². The van der Waals surface area contributed by atoms with Crippen LogP contribution in [0.3, 0.4) is 0 Å². The maximum Gasteiger partial charge on any atom is 0.171 e. The van der Waals surface area contributed by atoms with Crippen LogP contribution in [-0.2, 0) is 0 Å². The van der Waals surface area contributed by atoms with Crippen molar-refractivity contribution in [3.63, 3.8) is 0 Å². The van der Waals surface area contributed by atoms with Gasteiger partial charge in [-0.05, 0) is 6.08 Å². The molecule has 0 saturated carbocycles. The average molecular weight is 181 g/mol. The van der Waals surface area contributed by atoms with Crippen LogP contribution in [-0.4, -0.2) is 9.97 Å². The summed E-state index contributed by atoms with van der Waals surface area (Å²) in [6, 6.07) is 1.83. The van der Waals surface area contributed by atoms with E-state index in [1.54, 1.807) is 0 Å². The fourth-order valence-corrected chi connectivity index (χ4v) is 0.738. The molecule has 0 spiro atoms. The molecule has 4 nitrogen and oxygen atoms in total. The van der Waals surface area contributed by atoms with Gasteiger partial charge in [0, 0.05) is 6.08 Å². The second-order valence-electron chi connectivity index (χ2n) is 1.93. The van der Waals surface area contributed by atoms with E-state index in [1.165, 1.54) is 18.3 Å². The van der Waals surface area contributed by atoms with Gasteiger partial charge in [0.25, 0.3) is 0 Å². The summed E-state index contributed by atoms with van der Waals surface area (Å²) in [7, 11) is 0. The zero-order valence-electron chi connectivity index (χ0n) is 6.03. The van der Waals surface area contributed by atoms with Crippen molar-refractivity contribution >= 4 is 23.5 Å². The molecule has 1 heterocycles. The molecule has 1 aromatic heterocycles. The molecule has 0 radical (unpaired) electrons. The lowest BCUT2D eigenvalue weighted by Crippen LogP contribution is -1.94. The van der Waals surface area contributed by atoms with Crippen molar-refractivity contribution in [1.29, 1.82) is 5.26 Å². The van der Waals surface area contributed by atoms with Crippen molar-refractivity contribution in [2.75, 3.05) is 5.73 Å². The van der Waals surface area contributed by atoms with E-state index in [-0.39, 0.29) is 11.0 Å². The number of aromatic nitrogens is 2. The lowest BCUT2D eigenvalue weighted by molar-refractivity contribution is 1.19. The Labute approximate surface area is 74.3 Å². The first-order valence-corrected chi connectivity index (χ1v) is 3.46. The lowest BCUT2D eigenvalue weighted by Gasteiger charge is -1.95. The van der Waals surface area contributed by atoms with Crippen molar-refractivity contribution in [2.24, 2.45) is 0 Å². The van der Waals surface area contributed by atoms with E-state index in [4.69, 9.17) is 22.6 Å². The zero-order chi connectivity index (χ0) is 8.97. The first-order valence-electron chi connectivity index (χ1n) is 3.08. The lowest BCUT2D eigenvalue weighted by atomic mass is 10.4. The minimum atomic E-state index is 0.148. The maximum atomic E-state index is 8.21. The van der Waals surface area contributed by atoms with E-state index < -0.39 is 0 Å². The van der Waals surface area contributed by atoms with E-state index in [2.05, 4.69) is 9.97 Å². The second-order valence-corrected chi connectivity index (χ2v) is 2.29. The predicted molar refractivity (Wildman–Crippen MR) is 46.1 cm³/mol. The third kappa shape index (κ3) is 1.94. The molecular weight excluding hydrogens is 176 g/mol. The quantitative estimate of drug-likeness (QED) is 0.660. The van der Waals surface area contributed by atoms with Gasteiger partial charge in [0.05, 0.1) is 18.0 Å².